The topological polar surface area (TPSA) is 114 Å². The van der Waals surface area contributed by atoms with Gasteiger partial charge < -0.3 is 19.7 Å². The maximum atomic E-state index is 12.5. The van der Waals surface area contributed by atoms with Crippen LogP contribution in [0.15, 0.2) is 27.8 Å². The number of aryl methyl sites for hydroxylation is 3. The zero-order valence-electron chi connectivity index (χ0n) is 18.0. The van der Waals surface area contributed by atoms with Crippen LogP contribution in [0.3, 0.4) is 0 Å². The number of fused-ring (bicyclic) bond motifs is 1. The van der Waals surface area contributed by atoms with Crippen molar-refractivity contribution < 1.29 is 9.84 Å². The molecule has 1 atom stereocenters. The number of aromatic amines is 1. The SMILES string of the molecule is Cc1ccc(OCC(O)Cn2c(NCC(C)C)nc3c2c(=O)[nH]c(=O)n3C)cc1C. The zero-order valence-corrected chi connectivity index (χ0v) is 18.0. The molecule has 3 N–H and O–H groups in total. The third-order valence-corrected chi connectivity index (χ3v) is 4.99. The van der Waals surface area contributed by atoms with Crippen molar-refractivity contribution in [3.05, 3.63) is 50.2 Å². The van der Waals surface area contributed by atoms with Gasteiger partial charge in [-0.3, -0.25) is 14.3 Å². The van der Waals surface area contributed by atoms with Gasteiger partial charge in [-0.15, -0.1) is 0 Å². The van der Waals surface area contributed by atoms with E-state index in [1.807, 2.05) is 32.0 Å². The Morgan fingerprint density at radius 2 is 1.97 bits per heavy atom. The average Bonchev–Trinajstić information content (AvgIpc) is 3.04. The van der Waals surface area contributed by atoms with Crippen LogP contribution in [-0.2, 0) is 13.6 Å². The molecule has 1 unspecified atom stereocenters. The smallest absolute Gasteiger partial charge is 0.329 e. The van der Waals surface area contributed by atoms with Gasteiger partial charge in [-0.2, -0.15) is 4.98 Å². The van der Waals surface area contributed by atoms with E-state index in [1.54, 1.807) is 11.6 Å². The molecule has 0 radical (unpaired) electrons. The molecular formula is C21H29N5O4. The molecule has 2 aromatic heterocycles. The van der Waals surface area contributed by atoms with E-state index in [4.69, 9.17) is 4.74 Å². The van der Waals surface area contributed by atoms with Gasteiger partial charge in [0, 0.05) is 13.6 Å². The van der Waals surface area contributed by atoms with E-state index in [1.165, 1.54) is 10.1 Å². The molecule has 162 valence electrons. The number of nitrogens with zero attached hydrogens (tertiary/aromatic N) is 3. The minimum absolute atomic E-state index is 0.0511. The van der Waals surface area contributed by atoms with Crippen LogP contribution < -0.4 is 21.3 Å². The molecule has 9 heteroatoms. The quantitative estimate of drug-likeness (QED) is 0.514. The summed E-state index contributed by atoms with van der Waals surface area (Å²) < 4.78 is 8.62. The molecule has 0 aliphatic rings. The molecule has 0 saturated carbocycles. The molecule has 0 saturated heterocycles. The van der Waals surface area contributed by atoms with E-state index < -0.39 is 17.4 Å². The van der Waals surface area contributed by atoms with E-state index in [-0.39, 0.29) is 24.3 Å². The Labute approximate surface area is 174 Å². The molecule has 1 aromatic carbocycles. The molecule has 30 heavy (non-hydrogen) atoms. The van der Waals surface area contributed by atoms with Gasteiger partial charge in [0.2, 0.25) is 5.95 Å². The first kappa shape index (κ1) is 21.6. The fourth-order valence-corrected chi connectivity index (χ4v) is 3.10. The Morgan fingerprint density at radius 3 is 2.63 bits per heavy atom. The molecule has 3 rings (SSSR count). The summed E-state index contributed by atoms with van der Waals surface area (Å²) in [5.74, 6) is 1.44. The van der Waals surface area contributed by atoms with Crippen molar-refractivity contribution in [2.45, 2.75) is 40.3 Å². The standard InChI is InChI=1S/C21H29N5O4/c1-12(2)9-22-20-23-18-17(19(28)24-21(29)25(18)5)26(20)10-15(27)11-30-16-7-6-13(3)14(4)8-16/h6-8,12,15,27H,9-11H2,1-5H3,(H,22,23)(H,24,28,29). The first-order valence-electron chi connectivity index (χ1n) is 9.99. The van der Waals surface area contributed by atoms with Crippen LogP contribution >= 0.6 is 0 Å². The van der Waals surface area contributed by atoms with E-state index in [2.05, 4.69) is 29.1 Å². The van der Waals surface area contributed by atoms with Crippen molar-refractivity contribution in [3.63, 3.8) is 0 Å². The van der Waals surface area contributed by atoms with E-state index >= 15 is 0 Å². The number of aliphatic hydroxyl groups excluding tert-OH is 1. The third kappa shape index (κ3) is 4.56. The maximum Gasteiger partial charge on any atom is 0.329 e. The van der Waals surface area contributed by atoms with Gasteiger partial charge in [0.1, 0.15) is 18.5 Å². The molecule has 0 spiro atoms. The van der Waals surface area contributed by atoms with Crippen LogP contribution in [0.1, 0.15) is 25.0 Å². The normalized spacial score (nSPS) is 12.5. The highest BCUT2D eigenvalue weighted by Crippen LogP contribution is 2.19. The second-order valence-electron chi connectivity index (χ2n) is 8.02. The highest BCUT2D eigenvalue weighted by Gasteiger charge is 2.20. The number of hydrogen-bond donors (Lipinski definition) is 3. The minimum atomic E-state index is -0.889. The van der Waals surface area contributed by atoms with Crippen molar-refractivity contribution in [1.29, 1.82) is 0 Å². The largest absolute Gasteiger partial charge is 0.491 e. The first-order valence-corrected chi connectivity index (χ1v) is 9.99. The lowest BCUT2D eigenvalue weighted by atomic mass is 10.1. The number of H-pyrrole nitrogens is 1. The second-order valence-corrected chi connectivity index (χ2v) is 8.02. The van der Waals surface area contributed by atoms with Crippen LogP contribution in [-0.4, -0.2) is 43.5 Å². The number of benzene rings is 1. The van der Waals surface area contributed by atoms with Crippen LogP contribution in [0, 0.1) is 19.8 Å². The third-order valence-electron chi connectivity index (χ3n) is 4.99. The first-order chi connectivity index (χ1) is 14.2. The molecule has 2 heterocycles. The summed E-state index contributed by atoms with van der Waals surface area (Å²) in [5, 5.41) is 13.8. The fraction of sp³-hybridized carbons (Fsp3) is 0.476. The second kappa shape index (κ2) is 8.74. The fourth-order valence-electron chi connectivity index (χ4n) is 3.10. The number of aromatic nitrogens is 4. The lowest BCUT2D eigenvalue weighted by molar-refractivity contribution is 0.0938. The van der Waals surface area contributed by atoms with Crippen molar-refractivity contribution in [2.24, 2.45) is 13.0 Å². The highest BCUT2D eigenvalue weighted by molar-refractivity contribution is 5.74. The number of anilines is 1. The summed E-state index contributed by atoms with van der Waals surface area (Å²) in [5.41, 5.74) is 1.69. The van der Waals surface area contributed by atoms with Crippen molar-refractivity contribution in [1.82, 2.24) is 19.1 Å². The summed E-state index contributed by atoms with van der Waals surface area (Å²) in [6, 6.07) is 5.75. The van der Waals surface area contributed by atoms with Gasteiger partial charge in [-0.05, 0) is 43.0 Å². The Bertz CT molecular complexity index is 1160. The summed E-state index contributed by atoms with van der Waals surface area (Å²) in [6.45, 7) is 8.89. The van der Waals surface area contributed by atoms with Gasteiger partial charge in [-0.1, -0.05) is 19.9 Å². The van der Waals surface area contributed by atoms with Crippen molar-refractivity contribution >= 4 is 17.1 Å². The Hall–Kier alpha value is -3.07. The Kier molecular flexibility index (Phi) is 6.31. The average molecular weight is 415 g/mol. The van der Waals surface area contributed by atoms with Gasteiger partial charge in [0.05, 0.1) is 6.54 Å². The monoisotopic (exact) mass is 415 g/mol. The van der Waals surface area contributed by atoms with E-state index in [0.29, 0.717) is 24.2 Å². The van der Waals surface area contributed by atoms with Gasteiger partial charge in [0.25, 0.3) is 5.56 Å². The van der Waals surface area contributed by atoms with Crippen molar-refractivity contribution in [3.8, 4) is 5.75 Å². The molecule has 3 aromatic rings. The number of hydrogen-bond acceptors (Lipinski definition) is 6. The van der Waals surface area contributed by atoms with Crippen LogP contribution in [0.5, 0.6) is 5.75 Å². The van der Waals surface area contributed by atoms with Crippen LogP contribution in [0.4, 0.5) is 5.95 Å². The number of aliphatic hydroxyl groups is 1. The molecule has 0 fully saturated rings. The molecule has 9 nitrogen and oxygen atoms in total. The lowest BCUT2D eigenvalue weighted by Gasteiger charge is -2.16. The summed E-state index contributed by atoms with van der Waals surface area (Å²) >= 11 is 0. The van der Waals surface area contributed by atoms with Gasteiger partial charge in [0.15, 0.2) is 11.2 Å². The molecule has 0 bridgehead atoms. The number of imidazole rings is 1. The summed E-state index contributed by atoms with van der Waals surface area (Å²) in [7, 11) is 1.55. The van der Waals surface area contributed by atoms with Crippen molar-refractivity contribution in [2.75, 3.05) is 18.5 Å². The molecular weight excluding hydrogens is 386 g/mol. The van der Waals surface area contributed by atoms with Gasteiger partial charge in [-0.25, -0.2) is 4.79 Å². The predicted octanol–water partition coefficient (Wildman–Crippen LogP) is 1.55. The van der Waals surface area contributed by atoms with Crippen LogP contribution in [0.2, 0.25) is 0 Å². The van der Waals surface area contributed by atoms with Crippen LogP contribution in [0.25, 0.3) is 11.2 Å². The molecule has 0 aliphatic heterocycles. The van der Waals surface area contributed by atoms with E-state index in [0.717, 1.165) is 5.56 Å². The molecule has 0 aliphatic carbocycles. The summed E-state index contributed by atoms with van der Waals surface area (Å²) in [6.07, 6.45) is -0.889. The summed E-state index contributed by atoms with van der Waals surface area (Å²) in [4.78, 5) is 31.2. The lowest BCUT2D eigenvalue weighted by Crippen LogP contribution is -2.31. The number of ether oxygens (including phenoxy) is 1. The zero-order chi connectivity index (χ0) is 22.0. The highest BCUT2D eigenvalue weighted by atomic mass is 16.5. The molecule has 0 amide bonds. The Balaban J connectivity index is 1.87. The maximum absolute atomic E-state index is 12.5. The Morgan fingerprint density at radius 1 is 1.23 bits per heavy atom. The van der Waals surface area contributed by atoms with Gasteiger partial charge >= 0.3 is 5.69 Å². The number of rotatable bonds is 8. The predicted molar refractivity (Wildman–Crippen MR) is 116 cm³/mol. The minimum Gasteiger partial charge on any atom is -0.491 e. The number of nitrogens with one attached hydrogen (secondary N) is 2. The van der Waals surface area contributed by atoms with E-state index in [9.17, 15) is 14.7 Å².